The average molecular weight is 379 g/mol. The van der Waals surface area contributed by atoms with E-state index in [0.717, 1.165) is 16.7 Å². The van der Waals surface area contributed by atoms with Crippen LogP contribution < -0.4 is 10.1 Å². The summed E-state index contributed by atoms with van der Waals surface area (Å²) < 4.78 is 5.11. The summed E-state index contributed by atoms with van der Waals surface area (Å²) in [5, 5.41) is 10.7. The number of methoxy groups -OCH3 is 1. The maximum atomic E-state index is 12.8. The number of nitrogens with one attached hydrogen (secondary N) is 2. The molecular weight excluding hydrogens is 358 g/mol. The number of aromatic amines is 1. The zero-order chi connectivity index (χ0) is 19.5. The number of amides is 3. The Morgan fingerprint density at radius 1 is 1.00 bits per heavy atom. The van der Waals surface area contributed by atoms with Crippen LogP contribution >= 0.6 is 0 Å². The molecule has 4 rings (SSSR count). The second-order valence-corrected chi connectivity index (χ2v) is 6.56. The molecule has 1 aliphatic heterocycles. The number of para-hydroxylation sites is 1. The topological polar surface area (TPSA) is 90.6 Å². The van der Waals surface area contributed by atoms with E-state index < -0.39 is 0 Å². The monoisotopic (exact) mass is 379 g/mol. The van der Waals surface area contributed by atoms with Gasteiger partial charge in [0.1, 0.15) is 5.75 Å². The van der Waals surface area contributed by atoms with Gasteiger partial charge in [0.25, 0.3) is 5.91 Å². The lowest BCUT2D eigenvalue weighted by Gasteiger charge is -2.34. The van der Waals surface area contributed by atoms with Crippen molar-refractivity contribution in [2.24, 2.45) is 0 Å². The summed E-state index contributed by atoms with van der Waals surface area (Å²) in [6.07, 6.45) is 0. The Hall–Kier alpha value is -3.55. The summed E-state index contributed by atoms with van der Waals surface area (Å²) in [4.78, 5) is 28.7. The molecule has 0 saturated carbocycles. The van der Waals surface area contributed by atoms with Crippen molar-refractivity contribution in [3.05, 3.63) is 54.2 Å². The second-order valence-electron chi connectivity index (χ2n) is 6.56. The number of urea groups is 1. The molecule has 8 nitrogen and oxygen atoms in total. The van der Waals surface area contributed by atoms with Crippen LogP contribution in [-0.2, 0) is 0 Å². The van der Waals surface area contributed by atoms with Crippen LogP contribution in [0.1, 0.15) is 10.5 Å². The van der Waals surface area contributed by atoms with Gasteiger partial charge in [0.15, 0.2) is 5.69 Å². The van der Waals surface area contributed by atoms with Crippen molar-refractivity contribution in [2.45, 2.75) is 0 Å². The molecule has 1 aromatic heterocycles. The Morgan fingerprint density at radius 3 is 2.39 bits per heavy atom. The summed E-state index contributed by atoms with van der Waals surface area (Å²) in [5.74, 6) is 0.615. The van der Waals surface area contributed by atoms with Crippen molar-refractivity contribution in [3.8, 4) is 5.75 Å². The van der Waals surface area contributed by atoms with E-state index in [1.54, 1.807) is 41.2 Å². The molecule has 0 radical (unpaired) electrons. The Bertz CT molecular complexity index is 991. The fourth-order valence-electron chi connectivity index (χ4n) is 3.27. The third-order valence-corrected chi connectivity index (χ3v) is 4.87. The van der Waals surface area contributed by atoms with E-state index in [0.29, 0.717) is 37.6 Å². The Kier molecular flexibility index (Phi) is 4.84. The van der Waals surface area contributed by atoms with Gasteiger partial charge in [0.05, 0.1) is 12.6 Å². The SMILES string of the molecule is COc1ccc(NC(=O)N2CCN(C(=O)c3n[nH]c4ccccc34)CC2)cc1. The van der Waals surface area contributed by atoms with Crippen LogP contribution in [0.5, 0.6) is 5.75 Å². The number of ether oxygens (including phenoxy) is 1. The maximum absolute atomic E-state index is 12.8. The van der Waals surface area contributed by atoms with Gasteiger partial charge in [-0.05, 0) is 30.3 Å². The predicted molar refractivity (Wildman–Crippen MR) is 106 cm³/mol. The zero-order valence-electron chi connectivity index (χ0n) is 15.5. The van der Waals surface area contributed by atoms with Gasteiger partial charge in [-0.3, -0.25) is 9.89 Å². The summed E-state index contributed by atoms with van der Waals surface area (Å²) in [7, 11) is 1.60. The van der Waals surface area contributed by atoms with E-state index in [9.17, 15) is 9.59 Å². The molecule has 0 aliphatic carbocycles. The smallest absolute Gasteiger partial charge is 0.321 e. The van der Waals surface area contributed by atoms with Crippen LogP contribution in [0.25, 0.3) is 10.9 Å². The predicted octanol–water partition coefficient (Wildman–Crippen LogP) is 2.56. The van der Waals surface area contributed by atoms with Gasteiger partial charge in [0, 0.05) is 37.3 Å². The molecule has 3 aromatic rings. The minimum absolute atomic E-state index is 0.118. The first-order chi connectivity index (χ1) is 13.7. The van der Waals surface area contributed by atoms with Crippen molar-refractivity contribution in [2.75, 3.05) is 38.6 Å². The van der Waals surface area contributed by atoms with E-state index in [2.05, 4.69) is 15.5 Å². The van der Waals surface area contributed by atoms with E-state index in [4.69, 9.17) is 4.74 Å². The van der Waals surface area contributed by atoms with Crippen molar-refractivity contribution >= 4 is 28.5 Å². The third kappa shape index (κ3) is 3.48. The number of benzene rings is 2. The molecule has 0 unspecified atom stereocenters. The van der Waals surface area contributed by atoms with E-state index in [1.165, 1.54) is 0 Å². The highest BCUT2D eigenvalue weighted by molar-refractivity contribution is 6.04. The number of nitrogens with zero attached hydrogens (tertiary/aromatic N) is 3. The number of H-pyrrole nitrogens is 1. The molecule has 28 heavy (non-hydrogen) atoms. The molecule has 0 spiro atoms. The van der Waals surface area contributed by atoms with Gasteiger partial charge in [-0.2, -0.15) is 5.10 Å². The molecule has 1 fully saturated rings. The third-order valence-electron chi connectivity index (χ3n) is 4.87. The number of hydrogen-bond acceptors (Lipinski definition) is 4. The van der Waals surface area contributed by atoms with E-state index >= 15 is 0 Å². The Balaban J connectivity index is 1.36. The first-order valence-electron chi connectivity index (χ1n) is 9.08. The summed E-state index contributed by atoms with van der Waals surface area (Å²) >= 11 is 0. The van der Waals surface area contributed by atoms with Gasteiger partial charge in [-0.15, -0.1) is 0 Å². The standard InChI is InChI=1S/C20H21N5O3/c1-28-15-8-6-14(7-9-15)21-20(27)25-12-10-24(11-13-25)19(26)18-16-4-2-3-5-17(16)22-23-18/h2-9H,10-13H2,1H3,(H,21,27)(H,22,23). The number of piperazine rings is 1. The molecule has 2 aromatic carbocycles. The van der Waals surface area contributed by atoms with Gasteiger partial charge < -0.3 is 19.9 Å². The van der Waals surface area contributed by atoms with Crippen molar-refractivity contribution in [3.63, 3.8) is 0 Å². The first kappa shape index (κ1) is 17.8. The number of anilines is 1. The van der Waals surface area contributed by atoms with Crippen LogP contribution in [0.4, 0.5) is 10.5 Å². The van der Waals surface area contributed by atoms with Gasteiger partial charge in [-0.1, -0.05) is 18.2 Å². The van der Waals surface area contributed by atoms with Gasteiger partial charge in [0.2, 0.25) is 0 Å². The molecule has 144 valence electrons. The van der Waals surface area contributed by atoms with Gasteiger partial charge >= 0.3 is 6.03 Å². The zero-order valence-corrected chi connectivity index (χ0v) is 15.5. The maximum Gasteiger partial charge on any atom is 0.321 e. The Morgan fingerprint density at radius 2 is 1.68 bits per heavy atom. The molecule has 0 atom stereocenters. The lowest BCUT2D eigenvalue weighted by atomic mass is 10.2. The number of hydrogen-bond donors (Lipinski definition) is 2. The highest BCUT2D eigenvalue weighted by Crippen LogP contribution is 2.19. The molecule has 1 aliphatic rings. The summed E-state index contributed by atoms with van der Waals surface area (Å²) in [5.41, 5.74) is 1.96. The van der Waals surface area contributed by atoms with E-state index in [1.807, 2.05) is 24.3 Å². The highest BCUT2D eigenvalue weighted by atomic mass is 16.5. The lowest BCUT2D eigenvalue weighted by molar-refractivity contribution is 0.0667. The van der Waals surface area contributed by atoms with Crippen molar-refractivity contribution in [1.29, 1.82) is 0 Å². The van der Waals surface area contributed by atoms with Crippen LogP contribution in [0.15, 0.2) is 48.5 Å². The molecular formula is C20H21N5O3. The van der Waals surface area contributed by atoms with Gasteiger partial charge in [-0.25, -0.2) is 4.79 Å². The number of carbonyl (C=O) groups excluding carboxylic acids is 2. The molecule has 2 N–H and O–H groups in total. The second kappa shape index (κ2) is 7.59. The summed E-state index contributed by atoms with van der Waals surface area (Å²) in [6.45, 7) is 1.87. The number of rotatable bonds is 3. The Labute approximate surface area is 162 Å². The number of carbonyl (C=O) groups is 2. The van der Waals surface area contributed by atoms with E-state index in [-0.39, 0.29) is 11.9 Å². The van der Waals surface area contributed by atoms with Crippen LogP contribution in [-0.4, -0.2) is 65.2 Å². The molecule has 1 saturated heterocycles. The normalized spacial score (nSPS) is 14.2. The van der Waals surface area contributed by atoms with Crippen LogP contribution in [0.2, 0.25) is 0 Å². The number of aromatic nitrogens is 2. The minimum atomic E-state index is -0.178. The summed E-state index contributed by atoms with van der Waals surface area (Å²) in [6, 6.07) is 14.5. The highest BCUT2D eigenvalue weighted by Gasteiger charge is 2.27. The van der Waals surface area contributed by atoms with Crippen molar-refractivity contribution < 1.29 is 14.3 Å². The first-order valence-corrected chi connectivity index (χ1v) is 9.08. The quantitative estimate of drug-likeness (QED) is 0.732. The largest absolute Gasteiger partial charge is 0.497 e. The fraction of sp³-hybridized carbons (Fsp3) is 0.250. The minimum Gasteiger partial charge on any atom is -0.497 e. The number of fused-ring (bicyclic) bond motifs is 1. The average Bonchev–Trinajstić information content (AvgIpc) is 3.18. The fourth-order valence-corrected chi connectivity index (χ4v) is 3.27. The molecule has 3 amide bonds. The molecule has 2 heterocycles. The van der Waals surface area contributed by atoms with Crippen molar-refractivity contribution in [1.82, 2.24) is 20.0 Å². The molecule has 0 bridgehead atoms. The molecule has 8 heteroatoms. The van der Waals surface area contributed by atoms with Crippen LogP contribution in [0.3, 0.4) is 0 Å². The van der Waals surface area contributed by atoms with Crippen LogP contribution in [0, 0.1) is 0 Å². The lowest BCUT2D eigenvalue weighted by Crippen LogP contribution is -2.51.